The van der Waals surface area contributed by atoms with E-state index in [1.807, 2.05) is 49.1 Å². The van der Waals surface area contributed by atoms with E-state index < -0.39 is 9.84 Å². The largest absolute Gasteiger partial charge is 0.325 e. The first-order valence-corrected chi connectivity index (χ1v) is 12.7. The van der Waals surface area contributed by atoms with Gasteiger partial charge in [0.25, 0.3) is 0 Å². The lowest BCUT2D eigenvalue weighted by Crippen LogP contribution is -2.39. The maximum atomic E-state index is 12.5. The van der Waals surface area contributed by atoms with Gasteiger partial charge in [-0.2, -0.15) is 0 Å². The number of amidine groups is 1. The number of aliphatic imine (C=N–C) groups is 1. The second-order valence-electron chi connectivity index (χ2n) is 7.63. The molecule has 30 heavy (non-hydrogen) atoms. The van der Waals surface area contributed by atoms with E-state index >= 15 is 0 Å². The molecule has 1 N–H and O–H groups in total. The van der Waals surface area contributed by atoms with Crippen LogP contribution in [0, 0.1) is 13.8 Å². The van der Waals surface area contributed by atoms with Crippen molar-refractivity contribution in [2.45, 2.75) is 25.9 Å². The molecule has 2 heterocycles. The lowest BCUT2D eigenvalue weighted by molar-refractivity contribution is -0.113. The van der Waals surface area contributed by atoms with Gasteiger partial charge in [0.05, 0.1) is 29.3 Å². The van der Waals surface area contributed by atoms with Crippen LogP contribution in [0.5, 0.6) is 0 Å². The smallest absolute Gasteiger partial charge is 0.234 e. The Labute approximate surface area is 185 Å². The van der Waals surface area contributed by atoms with Gasteiger partial charge in [-0.3, -0.25) is 9.79 Å². The van der Waals surface area contributed by atoms with Crippen molar-refractivity contribution in [1.82, 2.24) is 0 Å². The van der Waals surface area contributed by atoms with Crippen molar-refractivity contribution in [1.29, 1.82) is 0 Å². The van der Waals surface area contributed by atoms with Gasteiger partial charge >= 0.3 is 0 Å². The Hall–Kier alpha value is -2.03. The Balaban J connectivity index is 1.51. The molecule has 0 spiro atoms. The van der Waals surface area contributed by atoms with Crippen LogP contribution in [0.1, 0.15) is 11.1 Å². The highest BCUT2D eigenvalue weighted by Gasteiger charge is 2.47. The third-order valence-electron chi connectivity index (χ3n) is 5.18. The number of nitrogens with zero attached hydrogens (tertiary/aromatic N) is 2. The topological polar surface area (TPSA) is 78.8 Å². The van der Waals surface area contributed by atoms with Crippen LogP contribution in [0.2, 0.25) is 5.02 Å². The highest BCUT2D eigenvalue weighted by atomic mass is 35.5. The number of rotatable bonds is 4. The summed E-state index contributed by atoms with van der Waals surface area (Å²) >= 11 is 7.47. The molecule has 0 saturated carbocycles. The van der Waals surface area contributed by atoms with Crippen LogP contribution < -0.4 is 10.2 Å². The quantitative estimate of drug-likeness (QED) is 0.748. The Morgan fingerprint density at radius 2 is 2.03 bits per heavy atom. The SMILES string of the molecule is Cc1ccc(NC(=O)CSC2=N[C@H]3CS(=O)(=O)C[C@@H]3N2c2cccc(Cl)c2)c(C)c1. The first-order valence-electron chi connectivity index (χ1n) is 9.55. The van der Waals surface area contributed by atoms with Gasteiger partial charge < -0.3 is 10.2 Å². The van der Waals surface area contributed by atoms with Gasteiger partial charge in [0.15, 0.2) is 15.0 Å². The summed E-state index contributed by atoms with van der Waals surface area (Å²) in [5.74, 6) is 0.125. The monoisotopic (exact) mass is 463 g/mol. The van der Waals surface area contributed by atoms with E-state index in [1.54, 1.807) is 12.1 Å². The molecule has 1 amide bonds. The number of carbonyl (C=O) groups excluding carboxylic acids is 1. The minimum absolute atomic E-state index is 0.0353. The maximum absolute atomic E-state index is 12.5. The number of hydrogen-bond donors (Lipinski definition) is 1. The summed E-state index contributed by atoms with van der Waals surface area (Å²) in [6, 6.07) is 12.6. The Morgan fingerprint density at radius 3 is 2.77 bits per heavy atom. The Kier molecular flexibility index (Phi) is 5.83. The van der Waals surface area contributed by atoms with Gasteiger partial charge in [-0.05, 0) is 43.7 Å². The third kappa shape index (κ3) is 4.50. The van der Waals surface area contributed by atoms with Crippen LogP contribution in [-0.2, 0) is 14.6 Å². The number of anilines is 2. The van der Waals surface area contributed by atoms with Crippen molar-refractivity contribution in [3.05, 3.63) is 58.6 Å². The average Bonchev–Trinajstić information content (AvgIpc) is 3.13. The number of amides is 1. The number of sulfone groups is 1. The minimum Gasteiger partial charge on any atom is -0.325 e. The van der Waals surface area contributed by atoms with Gasteiger partial charge in [-0.25, -0.2) is 8.42 Å². The second-order valence-corrected chi connectivity index (χ2v) is 11.2. The zero-order chi connectivity index (χ0) is 21.5. The summed E-state index contributed by atoms with van der Waals surface area (Å²) in [5, 5.41) is 4.15. The lowest BCUT2D eigenvalue weighted by Gasteiger charge is -2.26. The lowest BCUT2D eigenvalue weighted by atomic mass is 10.1. The molecule has 2 aromatic carbocycles. The molecule has 0 unspecified atom stereocenters. The van der Waals surface area contributed by atoms with E-state index in [1.165, 1.54) is 11.8 Å². The minimum atomic E-state index is -3.13. The normalized spacial score (nSPS) is 22.0. The molecule has 0 aromatic heterocycles. The van der Waals surface area contributed by atoms with Crippen molar-refractivity contribution in [3.8, 4) is 0 Å². The number of thioether (sulfide) groups is 1. The Bertz CT molecular complexity index is 1130. The van der Waals surface area contributed by atoms with E-state index in [9.17, 15) is 13.2 Å². The third-order valence-corrected chi connectivity index (χ3v) is 8.08. The number of benzene rings is 2. The van der Waals surface area contributed by atoms with Crippen LogP contribution in [0.3, 0.4) is 0 Å². The van der Waals surface area contributed by atoms with Gasteiger partial charge in [-0.1, -0.05) is 47.1 Å². The standard InChI is InChI=1S/C21H22ClN3O3S2/c1-13-6-7-17(14(2)8-13)23-20(26)10-29-21-24-18-11-30(27,28)12-19(18)25(21)16-5-3-4-15(22)9-16/h3-9,18-19H,10-12H2,1-2H3,(H,23,26)/t18-,19-/m0/s1. The molecule has 0 aliphatic carbocycles. The van der Waals surface area contributed by atoms with Gasteiger partial charge in [0.2, 0.25) is 5.91 Å². The number of nitrogens with one attached hydrogen (secondary N) is 1. The highest BCUT2D eigenvalue weighted by molar-refractivity contribution is 8.14. The van der Waals surface area contributed by atoms with Gasteiger partial charge in [0.1, 0.15) is 0 Å². The number of aryl methyl sites for hydroxylation is 2. The van der Waals surface area contributed by atoms with E-state index in [-0.39, 0.29) is 35.2 Å². The van der Waals surface area contributed by atoms with Crippen molar-refractivity contribution in [3.63, 3.8) is 0 Å². The van der Waals surface area contributed by atoms with E-state index in [0.29, 0.717) is 10.2 Å². The molecule has 2 aromatic rings. The molecule has 2 aliphatic heterocycles. The van der Waals surface area contributed by atoms with Crippen LogP contribution in [-0.4, -0.2) is 48.8 Å². The molecule has 0 radical (unpaired) electrons. The first-order chi connectivity index (χ1) is 14.2. The zero-order valence-electron chi connectivity index (χ0n) is 16.6. The number of fused-ring (bicyclic) bond motifs is 1. The summed E-state index contributed by atoms with van der Waals surface area (Å²) < 4.78 is 24.3. The molecule has 158 valence electrons. The fourth-order valence-electron chi connectivity index (χ4n) is 3.83. The molecule has 1 saturated heterocycles. The fraction of sp³-hybridized carbons (Fsp3) is 0.333. The fourth-order valence-corrected chi connectivity index (χ4v) is 6.78. The van der Waals surface area contributed by atoms with Crippen LogP contribution in [0.25, 0.3) is 0 Å². The zero-order valence-corrected chi connectivity index (χ0v) is 19.0. The Morgan fingerprint density at radius 1 is 1.23 bits per heavy atom. The molecular weight excluding hydrogens is 442 g/mol. The molecule has 2 atom stereocenters. The number of carbonyl (C=O) groups is 1. The van der Waals surface area contributed by atoms with Crippen molar-refractivity contribution >= 4 is 55.6 Å². The predicted octanol–water partition coefficient (Wildman–Crippen LogP) is 3.67. The molecule has 6 nitrogen and oxygen atoms in total. The first kappa shape index (κ1) is 21.2. The second kappa shape index (κ2) is 8.24. The summed E-state index contributed by atoms with van der Waals surface area (Å²) in [6.07, 6.45) is 0. The summed E-state index contributed by atoms with van der Waals surface area (Å²) in [7, 11) is -3.13. The summed E-state index contributed by atoms with van der Waals surface area (Å²) in [4.78, 5) is 19.1. The van der Waals surface area contributed by atoms with E-state index in [0.717, 1.165) is 22.5 Å². The maximum Gasteiger partial charge on any atom is 0.234 e. The average molecular weight is 464 g/mol. The molecule has 9 heteroatoms. The van der Waals surface area contributed by atoms with Crippen LogP contribution in [0.4, 0.5) is 11.4 Å². The van der Waals surface area contributed by atoms with Crippen molar-refractivity contribution < 1.29 is 13.2 Å². The number of hydrogen-bond acceptors (Lipinski definition) is 6. The summed E-state index contributed by atoms with van der Waals surface area (Å²) in [6.45, 7) is 3.97. The molecular formula is C21H22ClN3O3S2. The molecule has 2 aliphatic rings. The van der Waals surface area contributed by atoms with Gasteiger partial charge in [0, 0.05) is 16.4 Å². The van der Waals surface area contributed by atoms with Crippen LogP contribution in [0.15, 0.2) is 47.5 Å². The molecule has 1 fully saturated rings. The van der Waals surface area contributed by atoms with Crippen molar-refractivity contribution in [2.75, 3.05) is 27.5 Å². The van der Waals surface area contributed by atoms with E-state index in [4.69, 9.17) is 11.6 Å². The van der Waals surface area contributed by atoms with Crippen LogP contribution >= 0.6 is 23.4 Å². The summed E-state index contributed by atoms with van der Waals surface area (Å²) in [5.41, 5.74) is 3.72. The highest BCUT2D eigenvalue weighted by Crippen LogP contribution is 2.36. The molecule has 4 rings (SSSR count). The van der Waals surface area contributed by atoms with Crippen molar-refractivity contribution in [2.24, 2.45) is 4.99 Å². The number of halogens is 1. The van der Waals surface area contributed by atoms with Gasteiger partial charge in [-0.15, -0.1) is 0 Å². The predicted molar refractivity (Wildman–Crippen MR) is 125 cm³/mol. The van der Waals surface area contributed by atoms with E-state index in [2.05, 4.69) is 10.3 Å². The molecule has 0 bridgehead atoms.